The van der Waals surface area contributed by atoms with E-state index in [9.17, 15) is 9.59 Å². The van der Waals surface area contributed by atoms with Gasteiger partial charge in [-0.3, -0.25) is 9.59 Å². The molecule has 0 aromatic carbocycles. The van der Waals surface area contributed by atoms with Crippen molar-refractivity contribution in [1.82, 2.24) is 10.6 Å². The lowest BCUT2D eigenvalue weighted by molar-refractivity contribution is -0.122. The van der Waals surface area contributed by atoms with Crippen LogP contribution in [-0.4, -0.2) is 36.9 Å². The summed E-state index contributed by atoms with van der Waals surface area (Å²) in [6.45, 7) is 0. The van der Waals surface area contributed by atoms with Crippen molar-refractivity contribution in [3.63, 3.8) is 0 Å². The van der Waals surface area contributed by atoms with Crippen LogP contribution in [0.2, 0.25) is 0 Å². The first-order chi connectivity index (χ1) is 8.19. The van der Waals surface area contributed by atoms with Gasteiger partial charge in [-0.15, -0.1) is 0 Å². The van der Waals surface area contributed by atoms with E-state index in [1.165, 1.54) is 6.26 Å². The van der Waals surface area contributed by atoms with Crippen LogP contribution in [-0.2, 0) is 4.79 Å². The highest BCUT2D eigenvalue weighted by atomic mass is 32.2. The number of rotatable bonds is 6. The molecule has 1 aromatic rings. The Labute approximate surface area is 104 Å². The molecule has 5 nitrogen and oxygen atoms in total. The molecule has 1 atom stereocenters. The average molecular weight is 256 g/mol. The summed E-state index contributed by atoms with van der Waals surface area (Å²) in [7, 11) is 1.55. The molecule has 2 amide bonds. The number of hydrogen-bond acceptors (Lipinski definition) is 4. The van der Waals surface area contributed by atoms with Crippen molar-refractivity contribution >= 4 is 23.6 Å². The summed E-state index contributed by atoms with van der Waals surface area (Å²) in [5.41, 5.74) is 0. The van der Waals surface area contributed by atoms with Crippen LogP contribution in [0, 0.1) is 0 Å². The maximum Gasteiger partial charge on any atom is 0.287 e. The Morgan fingerprint density at radius 2 is 2.29 bits per heavy atom. The van der Waals surface area contributed by atoms with Crippen molar-refractivity contribution in [2.75, 3.05) is 19.1 Å². The lowest BCUT2D eigenvalue weighted by Crippen LogP contribution is -2.45. The number of carbonyl (C=O) groups is 2. The van der Waals surface area contributed by atoms with Crippen LogP contribution in [0.4, 0.5) is 0 Å². The molecule has 1 aromatic heterocycles. The van der Waals surface area contributed by atoms with Crippen LogP contribution in [0.15, 0.2) is 22.8 Å². The molecule has 0 aliphatic carbocycles. The van der Waals surface area contributed by atoms with E-state index in [4.69, 9.17) is 4.42 Å². The number of carbonyl (C=O) groups excluding carboxylic acids is 2. The molecule has 0 saturated carbocycles. The van der Waals surface area contributed by atoms with Gasteiger partial charge in [-0.2, -0.15) is 11.8 Å². The second kappa shape index (κ2) is 7.01. The molecule has 0 fully saturated rings. The predicted octanol–water partition coefficient (Wildman–Crippen LogP) is 0.877. The summed E-state index contributed by atoms with van der Waals surface area (Å²) in [5, 5.41) is 5.18. The maximum atomic E-state index is 11.7. The van der Waals surface area contributed by atoms with Gasteiger partial charge in [-0.05, 0) is 30.6 Å². The number of thioether (sulfide) groups is 1. The van der Waals surface area contributed by atoms with E-state index < -0.39 is 6.04 Å². The fourth-order valence-corrected chi connectivity index (χ4v) is 1.79. The Bertz CT molecular complexity index is 365. The summed E-state index contributed by atoms with van der Waals surface area (Å²) in [5.74, 6) is 0.447. The fourth-order valence-electron chi connectivity index (χ4n) is 1.32. The minimum absolute atomic E-state index is 0.195. The Morgan fingerprint density at radius 3 is 2.82 bits per heavy atom. The average Bonchev–Trinajstić information content (AvgIpc) is 2.87. The second-order valence-electron chi connectivity index (χ2n) is 3.40. The molecule has 0 unspecified atom stereocenters. The van der Waals surface area contributed by atoms with Gasteiger partial charge in [-0.1, -0.05) is 0 Å². The van der Waals surface area contributed by atoms with Gasteiger partial charge in [-0.25, -0.2) is 0 Å². The van der Waals surface area contributed by atoms with E-state index in [0.717, 1.165) is 5.75 Å². The quantitative estimate of drug-likeness (QED) is 0.792. The minimum Gasteiger partial charge on any atom is -0.459 e. The first kappa shape index (κ1) is 13.6. The van der Waals surface area contributed by atoms with Gasteiger partial charge < -0.3 is 15.1 Å². The summed E-state index contributed by atoms with van der Waals surface area (Å²) < 4.78 is 4.97. The number of hydrogen-bond donors (Lipinski definition) is 2. The molecule has 0 spiro atoms. The Hall–Kier alpha value is -1.43. The first-order valence-corrected chi connectivity index (χ1v) is 6.63. The van der Waals surface area contributed by atoms with E-state index >= 15 is 0 Å². The smallest absolute Gasteiger partial charge is 0.287 e. The summed E-state index contributed by atoms with van der Waals surface area (Å²) in [6.07, 6.45) is 3.97. The number of likely N-dealkylation sites (N-methyl/N-ethyl adjacent to an activating group) is 1. The van der Waals surface area contributed by atoms with Crippen molar-refractivity contribution in [3.05, 3.63) is 24.2 Å². The Balaban J connectivity index is 2.59. The largest absolute Gasteiger partial charge is 0.459 e. The summed E-state index contributed by atoms with van der Waals surface area (Å²) in [6, 6.07) is 2.67. The lowest BCUT2D eigenvalue weighted by Gasteiger charge is -2.15. The third-order valence-corrected chi connectivity index (χ3v) is 2.87. The molecule has 0 aliphatic heterocycles. The Morgan fingerprint density at radius 1 is 1.53 bits per heavy atom. The SMILES string of the molecule is CNC(=O)[C@H](CCSC)NC(=O)c1ccco1. The molecule has 0 aliphatic rings. The first-order valence-electron chi connectivity index (χ1n) is 5.24. The summed E-state index contributed by atoms with van der Waals surface area (Å²) >= 11 is 1.63. The monoisotopic (exact) mass is 256 g/mol. The van der Waals surface area contributed by atoms with Crippen LogP contribution in [0.3, 0.4) is 0 Å². The summed E-state index contributed by atoms with van der Waals surface area (Å²) in [4.78, 5) is 23.3. The zero-order valence-corrected chi connectivity index (χ0v) is 10.7. The topological polar surface area (TPSA) is 71.3 Å². The molecule has 0 radical (unpaired) electrons. The van der Waals surface area contributed by atoms with Gasteiger partial charge in [0.1, 0.15) is 6.04 Å². The van der Waals surface area contributed by atoms with Crippen LogP contribution in [0.1, 0.15) is 17.0 Å². The fraction of sp³-hybridized carbons (Fsp3) is 0.455. The van der Waals surface area contributed by atoms with Crippen LogP contribution >= 0.6 is 11.8 Å². The van der Waals surface area contributed by atoms with Crippen molar-refractivity contribution in [2.24, 2.45) is 0 Å². The predicted molar refractivity (Wildman–Crippen MR) is 67.0 cm³/mol. The highest BCUT2D eigenvalue weighted by Crippen LogP contribution is 2.04. The number of furan rings is 1. The molecule has 0 bridgehead atoms. The van der Waals surface area contributed by atoms with Crippen LogP contribution in [0.5, 0.6) is 0 Å². The number of amides is 2. The Kier molecular flexibility index (Phi) is 5.62. The molecular formula is C11H16N2O3S. The molecule has 17 heavy (non-hydrogen) atoms. The van der Waals surface area contributed by atoms with Gasteiger partial charge in [0.2, 0.25) is 5.91 Å². The van der Waals surface area contributed by atoms with Crippen LogP contribution in [0.25, 0.3) is 0 Å². The standard InChI is InChI=1S/C11H16N2O3S/c1-12-10(14)8(5-7-17-2)13-11(15)9-4-3-6-16-9/h3-4,6,8H,5,7H2,1-2H3,(H,12,14)(H,13,15)/t8-/m0/s1. The zero-order valence-electron chi connectivity index (χ0n) is 9.86. The number of nitrogens with one attached hydrogen (secondary N) is 2. The highest BCUT2D eigenvalue weighted by molar-refractivity contribution is 7.98. The highest BCUT2D eigenvalue weighted by Gasteiger charge is 2.20. The zero-order chi connectivity index (χ0) is 12.7. The van der Waals surface area contributed by atoms with Gasteiger partial charge >= 0.3 is 0 Å². The van der Waals surface area contributed by atoms with E-state index in [1.54, 1.807) is 30.9 Å². The van der Waals surface area contributed by atoms with E-state index in [0.29, 0.717) is 6.42 Å². The normalized spacial score (nSPS) is 11.9. The van der Waals surface area contributed by atoms with Crippen molar-refractivity contribution < 1.29 is 14.0 Å². The van der Waals surface area contributed by atoms with Gasteiger partial charge in [0.25, 0.3) is 5.91 Å². The molecule has 0 saturated heterocycles. The van der Waals surface area contributed by atoms with E-state index in [1.807, 2.05) is 6.26 Å². The van der Waals surface area contributed by atoms with E-state index in [2.05, 4.69) is 10.6 Å². The third kappa shape index (κ3) is 4.14. The molecule has 6 heteroatoms. The lowest BCUT2D eigenvalue weighted by atomic mass is 10.2. The van der Waals surface area contributed by atoms with Crippen molar-refractivity contribution in [1.29, 1.82) is 0 Å². The second-order valence-corrected chi connectivity index (χ2v) is 4.38. The van der Waals surface area contributed by atoms with E-state index in [-0.39, 0.29) is 17.6 Å². The molecule has 2 N–H and O–H groups in total. The van der Waals surface area contributed by atoms with Crippen molar-refractivity contribution in [2.45, 2.75) is 12.5 Å². The van der Waals surface area contributed by atoms with Gasteiger partial charge in [0, 0.05) is 7.05 Å². The molecule has 1 heterocycles. The molecule has 1 rings (SSSR count). The molecular weight excluding hydrogens is 240 g/mol. The minimum atomic E-state index is -0.523. The molecule has 94 valence electrons. The van der Waals surface area contributed by atoms with Gasteiger partial charge in [0.15, 0.2) is 5.76 Å². The van der Waals surface area contributed by atoms with Crippen molar-refractivity contribution in [3.8, 4) is 0 Å². The van der Waals surface area contributed by atoms with Gasteiger partial charge in [0.05, 0.1) is 6.26 Å². The third-order valence-electron chi connectivity index (χ3n) is 2.22. The van der Waals surface area contributed by atoms with Crippen LogP contribution < -0.4 is 10.6 Å². The maximum absolute atomic E-state index is 11.7.